The summed E-state index contributed by atoms with van der Waals surface area (Å²) in [5.41, 5.74) is 28.1. The van der Waals surface area contributed by atoms with E-state index in [0.717, 1.165) is 123 Å². The molecule has 0 aliphatic rings. The van der Waals surface area contributed by atoms with E-state index < -0.39 is 0 Å². The number of nitriles is 1. The summed E-state index contributed by atoms with van der Waals surface area (Å²) in [5, 5.41) is 22.2. The van der Waals surface area contributed by atoms with E-state index >= 15 is 0 Å². The van der Waals surface area contributed by atoms with Gasteiger partial charge in [-0.3, -0.25) is 4.98 Å². The van der Waals surface area contributed by atoms with Gasteiger partial charge in [-0.2, -0.15) is 5.26 Å². The van der Waals surface area contributed by atoms with E-state index in [1.807, 2.05) is 12.4 Å². The number of aromatic nitrogens is 5. The Morgan fingerprint density at radius 3 is 0.755 bits per heavy atom. The predicted molar refractivity (Wildman–Crippen MR) is 392 cm³/mol. The minimum absolute atomic E-state index is 0.570. The van der Waals surface area contributed by atoms with Crippen molar-refractivity contribution in [2.24, 2.45) is 0 Å². The van der Waals surface area contributed by atoms with Crippen molar-refractivity contribution in [1.82, 2.24) is 23.3 Å². The molecule has 94 heavy (non-hydrogen) atoms. The van der Waals surface area contributed by atoms with Crippen molar-refractivity contribution in [3.05, 3.63) is 319 Å². The summed E-state index contributed by atoms with van der Waals surface area (Å²) in [5.74, 6) is 0. The molecule has 5 heterocycles. The first-order chi connectivity index (χ1) is 46.2. The van der Waals surface area contributed by atoms with Crippen LogP contribution in [0.1, 0.15) is 27.8 Å². The Morgan fingerprint density at radius 1 is 0.245 bits per heavy atom. The van der Waals surface area contributed by atoms with Crippen molar-refractivity contribution in [3.8, 4) is 84.5 Å². The molecule has 0 atom stereocenters. The van der Waals surface area contributed by atoms with E-state index in [0.29, 0.717) is 5.56 Å². The minimum Gasteiger partial charge on any atom is -0.309 e. The molecule has 13 aromatic carbocycles. The Hall–Kier alpha value is -12.3. The molecular weight excluding hydrogens is 1140 g/mol. The lowest BCUT2D eigenvalue weighted by Crippen LogP contribution is -2.03. The fourth-order valence-electron chi connectivity index (χ4n) is 15.4. The number of fused-ring (bicyclic) bond motifs is 12. The van der Waals surface area contributed by atoms with Crippen LogP contribution < -0.4 is 0 Å². The van der Waals surface area contributed by atoms with Crippen molar-refractivity contribution in [1.29, 1.82) is 5.26 Å². The monoisotopic (exact) mass is 1200 g/mol. The Morgan fingerprint density at radius 2 is 0.479 bits per heavy atom. The van der Waals surface area contributed by atoms with Crippen LogP contribution >= 0.6 is 0 Å². The molecule has 18 aromatic rings. The number of pyridine rings is 1. The highest BCUT2D eigenvalue weighted by Gasteiger charge is 2.30. The Labute approximate surface area is 544 Å². The van der Waals surface area contributed by atoms with Crippen molar-refractivity contribution in [2.45, 2.75) is 27.7 Å². The maximum Gasteiger partial charge on any atom is 0.100 e. The zero-order chi connectivity index (χ0) is 62.9. The SMILES string of the molecule is Cc1ccc2c(c1)c1cc(C)ccc1n2-c1ccc(-c2c(C#N)c(-c3ccncc3)c(-c3ccc(-n4c5ccc(C)cc5c5cc(C)ccc54)cc3)c(-c3ccc(-n4c5ccccc5c5ccccc54)cc3)c2-c2ccc(-n3c4ccccc4c4ccccc43)cc2)cc1. The van der Waals surface area contributed by atoms with Crippen LogP contribution in [0.2, 0.25) is 0 Å². The summed E-state index contributed by atoms with van der Waals surface area (Å²) in [6.45, 7) is 8.67. The first-order valence-corrected chi connectivity index (χ1v) is 32.2. The molecule has 6 nitrogen and oxygen atoms in total. The van der Waals surface area contributed by atoms with Crippen molar-refractivity contribution < 1.29 is 0 Å². The van der Waals surface area contributed by atoms with Gasteiger partial charge in [0.05, 0.1) is 49.7 Å². The fourth-order valence-corrected chi connectivity index (χ4v) is 15.4. The van der Waals surface area contributed by atoms with E-state index in [4.69, 9.17) is 0 Å². The molecule has 0 radical (unpaired) electrons. The number of para-hydroxylation sites is 4. The minimum atomic E-state index is 0.570. The van der Waals surface area contributed by atoms with Crippen molar-refractivity contribution in [3.63, 3.8) is 0 Å². The van der Waals surface area contributed by atoms with Gasteiger partial charge in [-0.15, -0.1) is 0 Å². The lowest BCUT2D eigenvalue weighted by Gasteiger charge is -2.26. The number of benzene rings is 13. The van der Waals surface area contributed by atoms with Crippen LogP contribution in [0.15, 0.2) is 291 Å². The molecule has 6 heteroatoms. The topological polar surface area (TPSA) is 56.4 Å². The highest BCUT2D eigenvalue weighted by Crippen LogP contribution is 2.54. The molecular formula is C88H60N6. The normalized spacial score (nSPS) is 11.8. The highest BCUT2D eigenvalue weighted by molar-refractivity contribution is 6.15. The van der Waals surface area contributed by atoms with Gasteiger partial charge in [0.25, 0.3) is 0 Å². The van der Waals surface area contributed by atoms with Crippen LogP contribution in [-0.4, -0.2) is 23.3 Å². The summed E-state index contributed by atoms with van der Waals surface area (Å²) in [6, 6.07) is 105. The smallest absolute Gasteiger partial charge is 0.100 e. The Balaban J connectivity index is 0.936. The van der Waals surface area contributed by atoms with E-state index in [1.165, 1.54) is 65.3 Å². The van der Waals surface area contributed by atoms with Crippen LogP contribution in [0, 0.1) is 39.0 Å². The van der Waals surface area contributed by atoms with Crippen molar-refractivity contribution in [2.75, 3.05) is 0 Å². The molecule has 0 saturated heterocycles. The molecule has 0 fully saturated rings. The first-order valence-electron chi connectivity index (χ1n) is 32.2. The molecule has 0 aliphatic heterocycles. The maximum atomic E-state index is 12.4. The summed E-state index contributed by atoms with van der Waals surface area (Å²) in [7, 11) is 0. The number of hydrogen-bond donors (Lipinski definition) is 0. The molecule has 0 bridgehead atoms. The lowest BCUT2D eigenvalue weighted by molar-refractivity contribution is 1.18. The lowest BCUT2D eigenvalue weighted by atomic mass is 9.76. The van der Waals surface area contributed by atoms with Gasteiger partial charge >= 0.3 is 0 Å². The zero-order valence-corrected chi connectivity index (χ0v) is 52.4. The van der Waals surface area contributed by atoms with Crippen molar-refractivity contribution >= 4 is 87.2 Å². The average molecular weight is 1200 g/mol. The van der Waals surface area contributed by atoms with Crippen LogP contribution in [0.25, 0.3) is 166 Å². The van der Waals surface area contributed by atoms with Gasteiger partial charge in [0.2, 0.25) is 0 Å². The highest BCUT2D eigenvalue weighted by atomic mass is 15.0. The first kappa shape index (κ1) is 54.6. The van der Waals surface area contributed by atoms with Gasteiger partial charge in [-0.05, 0) is 206 Å². The number of aryl methyl sites for hydroxylation is 4. The zero-order valence-electron chi connectivity index (χ0n) is 52.4. The second kappa shape index (κ2) is 21.4. The maximum absolute atomic E-state index is 12.4. The second-order valence-electron chi connectivity index (χ2n) is 25.3. The fraction of sp³-hybridized carbons (Fsp3) is 0.0455. The molecule has 0 N–H and O–H groups in total. The quantitative estimate of drug-likeness (QED) is 0.145. The summed E-state index contributed by atoms with van der Waals surface area (Å²) < 4.78 is 9.53. The van der Waals surface area contributed by atoms with Crippen LogP contribution in [0.3, 0.4) is 0 Å². The van der Waals surface area contributed by atoms with Gasteiger partial charge < -0.3 is 18.3 Å². The third kappa shape index (κ3) is 8.45. The number of hydrogen-bond acceptors (Lipinski definition) is 2. The molecule has 442 valence electrons. The molecule has 0 saturated carbocycles. The molecule has 0 unspecified atom stereocenters. The van der Waals surface area contributed by atoms with Gasteiger partial charge in [0.15, 0.2) is 0 Å². The van der Waals surface area contributed by atoms with E-state index in [2.05, 4.69) is 336 Å². The van der Waals surface area contributed by atoms with E-state index in [-0.39, 0.29) is 0 Å². The molecule has 18 rings (SSSR count). The molecule has 0 aliphatic carbocycles. The Kier molecular flexibility index (Phi) is 12.4. The van der Waals surface area contributed by atoms with Crippen LogP contribution in [-0.2, 0) is 0 Å². The molecule has 0 amide bonds. The van der Waals surface area contributed by atoms with Crippen LogP contribution in [0.4, 0.5) is 0 Å². The Bertz CT molecular complexity index is 5940. The summed E-state index contributed by atoms with van der Waals surface area (Å²) in [4.78, 5) is 4.59. The number of rotatable bonds is 9. The predicted octanol–water partition coefficient (Wildman–Crippen LogP) is 22.9. The van der Waals surface area contributed by atoms with E-state index in [1.54, 1.807) is 0 Å². The molecule has 0 spiro atoms. The van der Waals surface area contributed by atoms with Crippen LogP contribution in [0.5, 0.6) is 0 Å². The second-order valence-corrected chi connectivity index (χ2v) is 25.3. The van der Waals surface area contributed by atoms with Gasteiger partial charge in [0, 0.05) is 89.4 Å². The summed E-state index contributed by atoms with van der Waals surface area (Å²) >= 11 is 0. The third-order valence-corrected chi connectivity index (χ3v) is 19.5. The third-order valence-electron chi connectivity index (χ3n) is 19.5. The van der Waals surface area contributed by atoms with Gasteiger partial charge in [-0.1, -0.05) is 168 Å². The molecule has 5 aromatic heterocycles. The standard InChI is InChI=1S/C88H60N6/c1-54-21-41-80-71(49-54)72-50-55(2)22-42-81(72)93(80)65-33-25-58(26-34-65)84-75(53-89)85(62-45-47-90-48-46-62)87(60-29-37-66(38-30-60)94-82-43-23-56(3)51-73(82)74-52-57(4)24-44-83(74)94)88(61-31-39-64(40-32-61)92-78-19-11-7-15-69(78)70-16-8-12-20-79(70)92)86(84)59-27-35-63(36-28-59)91-76-17-9-5-13-67(76)68-14-6-10-18-77(68)91/h5-52H,1-4H3. The van der Waals surface area contributed by atoms with Gasteiger partial charge in [-0.25, -0.2) is 0 Å². The largest absolute Gasteiger partial charge is 0.309 e. The van der Waals surface area contributed by atoms with Gasteiger partial charge in [0.1, 0.15) is 6.07 Å². The van der Waals surface area contributed by atoms with E-state index in [9.17, 15) is 5.26 Å². The summed E-state index contributed by atoms with van der Waals surface area (Å²) in [6.07, 6.45) is 3.69. The average Bonchev–Trinajstić information content (AvgIpc) is 1.04. The number of nitrogens with zero attached hydrogens (tertiary/aromatic N) is 6.